The first-order chi connectivity index (χ1) is 9.45. The highest BCUT2D eigenvalue weighted by molar-refractivity contribution is 6.29. The van der Waals surface area contributed by atoms with E-state index in [0.29, 0.717) is 22.5 Å². The van der Waals surface area contributed by atoms with E-state index in [-0.39, 0.29) is 5.69 Å². The molecule has 0 aliphatic heterocycles. The molecule has 0 spiro atoms. The number of hydrogen-bond acceptors (Lipinski definition) is 4. The van der Waals surface area contributed by atoms with Crippen LogP contribution in [0.1, 0.15) is 19.5 Å². The van der Waals surface area contributed by atoms with Gasteiger partial charge < -0.3 is 0 Å². The molecule has 5 nitrogen and oxygen atoms in total. The Bertz CT molecular complexity index is 627. The molecular weight excluding hydrogens is 278 g/mol. The van der Waals surface area contributed by atoms with Crippen LogP contribution in [0.3, 0.4) is 0 Å². The highest BCUT2D eigenvalue weighted by Crippen LogP contribution is 2.22. The van der Waals surface area contributed by atoms with Crippen LogP contribution >= 0.6 is 11.6 Å². The van der Waals surface area contributed by atoms with E-state index in [0.717, 1.165) is 12.1 Å². The lowest BCUT2D eigenvalue weighted by Gasteiger charge is -2.07. The van der Waals surface area contributed by atoms with Crippen LogP contribution in [0.2, 0.25) is 5.15 Å². The number of non-ortho nitro benzene ring substituents is 1. The zero-order valence-electron chi connectivity index (χ0n) is 11.2. The first-order valence-corrected chi connectivity index (χ1v) is 6.62. The van der Waals surface area contributed by atoms with Crippen molar-refractivity contribution in [3.63, 3.8) is 0 Å². The van der Waals surface area contributed by atoms with Crippen LogP contribution in [0.5, 0.6) is 0 Å². The molecule has 0 atom stereocenters. The molecule has 104 valence electrons. The van der Waals surface area contributed by atoms with E-state index in [4.69, 9.17) is 11.6 Å². The van der Waals surface area contributed by atoms with Crippen molar-refractivity contribution >= 4 is 17.3 Å². The Labute approximate surface area is 121 Å². The maximum absolute atomic E-state index is 10.6. The monoisotopic (exact) mass is 291 g/mol. The fraction of sp³-hybridized carbons (Fsp3) is 0.286. The summed E-state index contributed by atoms with van der Waals surface area (Å²) >= 11 is 6.01. The van der Waals surface area contributed by atoms with Crippen LogP contribution in [0, 0.1) is 16.0 Å². The molecule has 0 amide bonds. The van der Waals surface area contributed by atoms with E-state index >= 15 is 0 Å². The van der Waals surface area contributed by atoms with Gasteiger partial charge in [0.25, 0.3) is 5.69 Å². The molecule has 0 fully saturated rings. The Morgan fingerprint density at radius 1 is 1.25 bits per heavy atom. The van der Waals surface area contributed by atoms with Crippen LogP contribution in [0.25, 0.3) is 11.4 Å². The molecule has 2 rings (SSSR count). The molecule has 0 N–H and O–H groups in total. The van der Waals surface area contributed by atoms with Crippen molar-refractivity contribution in [1.82, 2.24) is 9.97 Å². The largest absolute Gasteiger partial charge is 0.269 e. The Hall–Kier alpha value is -2.01. The second-order valence-corrected chi connectivity index (χ2v) is 5.29. The number of halogens is 1. The molecule has 0 bridgehead atoms. The van der Waals surface area contributed by atoms with E-state index in [1.807, 2.05) is 0 Å². The fourth-order valence-corrected chi connectivity index (χ4v) is 2.05. The summed E-state index contributed by atoms with van der Waals surface area (Å²) in [5.41, 5.74) is 1.62. The van der Waals surface area contributed by atoms with E-state index in [9.17, 15) is 10.1 Å². The van der Waals surface area contributed by atoms with Gasteiger partial charge >= 0.3 is 0 Å². The number of nitro benzene ring substituents is 1. The van der Waals surface area contributed by atoms with Crippen LogP contribution in [-0.4, -0.2) is 14.9 Å². The molecule has 20 heavy (non-hydrogen) atoms. The van der Waals surface area contributed by atoms with Crippen molar-refractivity contribution in [3.05, 3.63) is 51.3 Å². The van der Waals surface area contributed by atoms with Gasteiger partial charge in [0.2, 0.25) is 0 Å². The number of aromatic nitrogens is 2. The predicted molar refractivity (Wildman–Crippen MR) is 77.7 cm³/mol. The summed E-state index contributed by atoms with van der Waals surface area (Å²) in [6.45, 7) is 4.20. The maximum Gasteiger partial charge on any atom is 0.269 e. The fourth-order valence-electron chi connectivity index (χ4n) is 1.85. The quantitative estimate of drug-likeness (QED) is 0.486. The Balaban J connectivity index is 2.36. The molecule has 2 aromatic rings. The standard InChI is InChI=1S/C14H14ClN3O2/c1-9(2)7-11-8-13(15)17-14(16-11)10-3-5-12(6-4-10)18(19)20/h3-6,8-9H,7H2,1-2H3. The second-order valence-electron chi connectivity index (χ2n) is 4.91. The highest BCUT2D eigenvalue weighted by atomic mass is 35.5. The van der Waals surface area contributed by atoms with Crippen molar-refractivity contribution in [2.75, 3.05) is 0 Å². The molecule has 1 heterocycles. The number of rotatable bonds is 4. The zero-order valence-corrected chi connectivity index (χ0v) is 12.0. The van der Waals surface area contributed by atoms with Crippen LogP contribution in [-0.2, 0) is 6.42 Å². The minimum Gasteiger partial charge on any atom is -0.258 e. The summed E-state index contributed by atoms with van der Waals surface area (Å²) in [4.78, 5) is 18.8. The van der Waals surface area contributed by atoms with Gasteiger partial charge in [-0.3, -0.25) is 10.1 Å². The Kier molecular flexibility index (Phi) is 4.29. The summed E-state index contributed by atoms with van der Waals surface area (Å²) in [5, 5.41) is 11.0. The van der Waals surface area contributed by atoms with E-state index < -0.39 is 4.92 Å². The molecule has 0 unspecified atom stereocenters. The molecule has 0 aliphatic rings. The lowest BCUT2D eigenvalue weighted by molar-refractivity contribution is -0.384. The van der Waals surface area contributed by atoms with Crippen LogP contribution in [0.4, 0.5) is 5.69 Å². The third kappa shape index (κ3) is 3.51. The topological polar surface area (TPSA) is 68.9 Å². The smallest absolute Gasteiger partial charge is 0.258 e. The van der Waals surface area contributed by atoms with Crippen molar-refractivity contribution in [1.29, 1.82) is 0 Å². The highest BCUT2D eigenvalue weighted by Gasteiger charge is 2.10. The average Bonchev–Trinajstić information content (AvgIpc) is 2.37. The first kappa shape index (κ1) is 14.4. The lowest BCUT2D eigenvalue weighted by Crippen LogP contribution is -2.00. The summed E-state index contributed by atoms with van der Waals surface area (Å²) < 4.78 is 0. The molecule has 0 radical (unpaired) electrons. The molecule has 0 saturated heterocycles. The summed E-state index contributed by atoms with van der Waals surface area (Å²) in [7, 11) is 0. The normalized spacial score (nSPS) is 10.8. The summed E-state index contributed by atoms with van der Waals surface area (Å²) in [6.07, 6.45) is 0.808. The molecule has 6 heteroatoms. The van der Waals surface area contributed by atoms with Gasteiger partial charge in [0.05, 0.1) is 4.92 Å². The van der Waals surface area contributed by atoms with Gasteiger partial charge in [0.15, 0.2) is 5.82 Å². The van der Waals surface area contributed by atoms with Gasteiger partial charge in [-0.15, -0.1) is 0 Å². The summed E-state index contributed by atoms with van der Waals surface area (Å²) in [5.74, 6) is 0.953. The Morgan fingerprint density at radius 3 is 2.45 bits per heavy atom. The van der Waals surface area contributed by atoms with Gasteiger partial charge in [-0.25, -0.2) is 9.97 Å². The van der Waals surface area contributed by atoms with Crippen molar-refractivity contribution in [2.45, 2.75) is 20.3 Å². The van der Waals surface area contributed by atoms with Crippen LogP contribution in [0.15, 0.2) is 30.3 Å². The predicted octanol–water partition coefficient (Wildman–Crippen LogP) is 3.90. The van der Waals surface area contributed by atoms with Gasteiger partial charge in [-0.1, -0.05) is 25.4 Å². The molecular formula is C14H14ClN3O2. The van der Waals surface area contributed by atoms with Gasteiger partial charge in [-0.05, 0) is 30.5 Å². The van der Waals surface area contributed by atoms with Crippen LogP contribution < -0.4 is 0 Å². The van der Waals surface area contributed by atoms with E-state index in [2.05, 4.69) is 23.8 Å². The van der Waals surface area contributed by atoms with Gasteiger partial charge in [0.1, 0.15) is 5.15 Å². The first-order valence-electron chi connectivity index (χ1n) is 6.24. The number of nitro groups is 1. The van der Waals surface area contributed by atoms with Crippen molar-refractivity contribution in [2.24, 2.45) is 5.92 Å². The third-order valence-corrected chi connectivity index (χ3v) is 2.90. The van der Waals surface area contributed by atoms with E-state index in [1.54, 1.807) is 18.2 Å². The molecule has 0 aliphatic carbocycles. The maximum atomic E-state index is 10.6. The summed E-state index contributed by atoms with van der Waals surface area (Å²) in [6, 6.07) is 7.87. The van der Waals surface area contributed by atoms with Crippen molar-refractivity contribution < 1.29 is 4.92 Å². The molecule has 1 aromatic heterocycles. The third-order valence-electron chi connectivity index (χ3n) is 2.70. The van der Waals surface area contributed by atoms with E-state index in [1.165, 1.54) is 12.1 Å². The van der Waals surface area contributed by atoms with Crippen molar-refractivity contribution in [3.8, 4) is 11.4 Å². The minimum absolute atomic E-state index is 0.0400. The number of nitrogens with zero attached hydrogens (tertiary/aromatic N) is 3. The van der Waals surface area contributed by atoms with Gasteiger partial charge in [0, 0.05) is 23.4 Å². The molecule has 0 saturated carbocycles. The zero-order chi connectivity index (χ0) is 14.7. The average molecular weight is 292 g/mol. The SMILES string of the molecule is CC(C)Cc1cc(Cl)nc(-c2ccc([N+](=O)[O-])cc2)n1. The molecule has 1 aromatic carbocycles. The second kappa shape index (κ2) is 5.96. The van der Waals surface area contributed by atoms with Gasteiger partial charge in [-0.2, -0.15) is 0 Å². The number of benzene rings is 1. The number of hydrogen-bond donors (Lipinski definition) is 0. The Morgan fingerprint density at radius 2 is 1.90 bits per heavy atom. The lowest BCUT2D eigenvalue weighted by atomic mass is 10.1. The minimum atomic E-state index is -0.438.